The van der Waals surface area contributed by atoms with Gasteiger partial charge in [0.2, 0.25) is 10.0 Å². The van der Waals surface area contributed by atoms with Crippen LogP contribution in [0.1, 0.15) is 17.9 Å². The van der Waals surface area contributed by atoms with Crippen LogP contribution in [0.2, 0.25) is 5.02 Å². The van der Waals surface area contributed by atoms with Crippen molar-refractivity contribution in [1.82, 2.24) is 4.72 Å². The summed E-state index contributed by atoms with van der Waals surface area (Å²) in [5.74, 6) is 0.267. The second kappa shape index (κ2) is 8.96. The van der Waals surface area contributed by atoms with E-state index < -0.39 is 16.2 Å². The highest BCUT2D eigenvalue weighted by Crippen LogP contribution is 2.42. The van der Waals surface area contributed by atoms with Gasteiger partial charge < -0.3 is 10.2 Å². The molecular weight excluding hydrogens is 434 g/mol. The first-order valence-corrected chi connectivity index (χ1v) is 11.3. The molecule has 0 saturated heterocycles. The van der Waals surface area contributed by atoms with Crippen molar-refractivity contribution in [3.63, 3.8) is 0 Å². The Morgan fingerprint density at radius 2 is 1.72 bits per heavy atom. The van der Waals surface area contributed by atoms with Crippen LogP contribution in [0.3, 0.4) is 0 Å². The van der Waals surface area contributed by atoms with Gasteiger partial charge in [0.05, 0.1) is 0 Å². The maximum atomic E-state index is 12.6. The second-order valence-corrected chi connectivity index (χ2v) is 9.85. The fourth-order valence-corrected chi connectivity index (χ4v) is 5.71. The summed E-state index contributed by atoms with van der Waals surface area (Å²) in [6.45, 7) is 0. The number of thiophene rings is 1. The van der Waals surface area contributed by atoms with E-state index in [2.05, 4.69) is 4.72 Å². The minimum Gasteiger partial charge on any atom is -0.450 e. The predicted octanol–water partition coefficient (Wildman–Crippen LogP) is 5.13. The van der Waals surface area contributed by atoms with E-state index in [1.54, 1.807) is 12.1 Å². The molecule has 0 amide bonds. The number of hydrogen-bond acceptors (Lipinski definition) is 4. The Bertz CT molecular complexity index is 1090. The van der Waals surface area contributed by atoms with Crippen molar-refractivity contribution in [3.8, 4) is 10.4 Å². The first-order valence-electron chi connectivity index (χ1n) is 8.61. The van der Waals surface area contributed by atoms with E-state index in [1.165, 1.54) is 16.9 Å². The van der Waals surface area contributed by atoms with Gasteiger partial charge in [0.15, 0.2) is 0 Å². The number of halogens is 1. The molecule has 1 saturated carbocycles. The second-order valence-electron chi connectivity index (χ2n) is 6.39. The topological polar surface area (TPSA) is 104 Å². The maximum Gasteiger partial charge on any atom is 0.503 e. The van der Waals surface area contributed by atoms with Crippen molar-refractivity contribution in [1.29, 1.82) is 0 Å². The average Bonchev–Trinajstić information content (AvgIpc) is 3.22. The molecule has 1 aromatic heterocycles. The molecule has 0 aliphatic heterocycles. The maximum absolute atomic E-state index is 12.6. The van der Waals surface area contributed by atoms with Crippen LogP contribution < -0.4 is 4.72 Å². The van der Waals surface area contributed by atoms with Gasteiger partial charge in [-0.15, -0.1) is 11.3 Å². The largest absolute Gasteiger partial charge is 0.503 e. The van der Waals surface area contributed by atoms with Crippen molar-refractivity contribution >= 4 is 39.1 Å². The summed E-state index contributed by atoms with van der Waals surface area (Å²) in [5, 5.41) is 14.6. The summed E-state index contributed by atoms with van der Waals surface area (Å²) in [6.07, 6.45) is -0.990. The highest BCUT2D eigenvalue weighted by Gasteiger charge is 2.41. The summed E-state index contributed by atoms with van der Waals surface area (Å²) in [6, 6.07) is 20.9. The van der Waals surface area contributed by atoms with Gasteiger partial charge >= 0.3 is 6.16 Å². The Hall–Kier alpha value is -2.39. The molecule has 0 spiro atoms. The van der Waals surface area contributed by atoms with Gasteiger partial charge in [0.1, 0.15) is 4.21 Å². The molecule has 2 aromatic carbocycles. The molecule has 152 valence electrons. The van der Waals surface area contributed by atoms with Crippen LogP contribution in [0.25, 0.3) is 10.4 Å². The van der Waals surface area contributed by atoms with Gasteiger partial charge in [-0.05, 0) is 41.8 Å². The van der Waals surface area contributed by atoms with E-state index in [4.69, 9.17) is 26.6 Å². The molecule has 0 bridgehead atoms. The standard InChI is InChI=1S/C19H16ClNO2S2.CH2O3/c20-15-8-4-7-14(11-15)18-9-10-19(24-18)25(22,23)21-17-12-16(17)13-5-2-1-3-6-13;2-1(3)4/h1-11,16-17,21H,12H2;(H2,2,3,4)/t16-,17+;/m1./s1. The molecule has 0 radical (unpaired) electrons. The molecule has 3 aromatic rings. The normalized spacial score (nSPS) is 17.8. The van der Waals surface area contributed by atoms with Gasteiger partial charge in [-0.2, -0.15) is 0 Å². The third kappa shape index (κ3) is 5.80. The molecule has 1 aliphatic carbocycles. The van der Waals surface area contributed by atoms with E-state index >= 15 is 0 Å². The fraction of sp³-hybridized carbons (Fsp3) is 0.150. The van der Waals surface area contributed by atoms with Crippen LogP contribution in [0, 0.1) is 0 Å². The predicted molar refractivity (Wildman–Crippen MR) is 113 cm³/mol. The van der Waals surface area contributed by atoms with Crippen molar-refractivity contribution in [2.75, 3.05) is 0 Å². The summed E-state index contributed by atoms with van der Waals surface area (Å²) >= 11 is 7.28. The molecule has 0 unspecified atom stereocenters. The van der Waals surface area contributed by atoms with Gasteiger partial charge in [-0.1, -0.05) is 54.1 Å². The zero-order chi connectivity index (χ0) is 21.0. The molecule has 3 N–H and O–H groups in total. The van der Waals surface area contributed by atoms with E-state index in [0.717, 1.165) is 16.9 Å². The van der Waals surface area contributed by atoms with E-state index in [0.29, 0.717) is 9.23 Å². The van der Waals surface area contributed by atoms with Gasteiger partial charge in [-0.25, -0.2) is 17.9 Å². The lowest BCUT2D eigenvalue weighted by atomic mass is 10.1. The third-order valence-corrected chi connectivity index (χ3v) is 7.63. The Morgan fingerprint density at radius 1 is 1.03 bits per heavy atom. The number of nitrogens with one attached hydrogen (secondary N) is 1. The summed E-state index contributed by atoms with van der Waals surface area (Å²) in [4.78, 5) is 9.44. The lowest BCUT2D eigenvalue weighted by Crippen LogP contribution is -2.26. The zero-order valence-corrected chi connectivity index (χ0v) is 17.4. The Labute approximate surface area is 177 Å². The van der Waals surface area contributed by atoms with Crippen LogP contribution in [-0.4, -0.2) is 30.8 Å². The number of hydrogen-bond donors (Lipinski definition) is 3. The van der Waals surface area contributed by atoms with Gasteiger partial charge in [0, 0.05) is 21.9 Å². The van der Waals surface area contributed by atoms with Crippen LogP contribution in [0.4, 0.5) is 4.79 Å². The van der Waals surface area contributed by atoms with Crippen LogP contribution in [0.15, 0.2) is 70.9 Å². The Balaban J connectivity index is 0.000000552. The van der Waals surface area contributed by atoms with Crippen LogP contribution >= 0.6 is 22.9 Å². The Kier molecular flexibility index (Phi) is 6.59. The monoisotopic (exact) mass is 451 g/mol. The minimum atomic E-state index is -3.50. The number of benzene rings is 2. The first kappa shape index (κ1) is 21.3. The molecule has 9 heteroatoms. The lowest BCUT2D eigenvalue weighted by Gasteiger charge is -2.04. The fourth-order valence-electron chi connectivity index (χ4n) is 2.91. The molecular formula is C20H18ClNO5S2. The number of carbonyl (C=O) groups is 1. The van der Waals surface area contributed by atoms with E-state index in [-0.39, 0.29) is 12.0 Å². The molecule has 1 fully saturated rings. The molecule has 1 aliphatic rings. The minimum absolute atomic E-state index is 0.0240. The molecule has 6 nitrogen and oxygen atoms in total. The number of carboxylic acid groups (broad SMARTS) is 2. The lowest BCUT2D eigenvalue weighted by molar-refractivity contribution is 0.137. The molecule has 2 atom stereocenters. The third-order valence-electron chi connectivity index (χ3n) is 4.28. The SMILES string of the molecule is O=C(O)O.O=S(=O)(N[C@H]1C[C@@H]1c1ccccc1)c1ccc(-c2cccc(Cl)c2)s1. The van der Waals surface area contributed by atoms with E-state index in [9.17, 15) is 8.42 Å². The number of rotatable bonds is 5. The first-order chi connectivity index (χ1) is 13.8. The zero-order valence-electron chi connectivity index (χ0n) is 15.0. The Morgan fingerprint density at radius 3 is 2.38 bits per heavy atom. The van der Waals surface area contributed by atoms with Crippen LogP contribution in [-0.2, 0) is 10.0 Å². The highest BCUT2D eigenvalue weighted by molar-refractivity contribution is 7.91. The summed E-state index contributed by atoms with van der Waals surface area (Å²) in [5.41, 5.74) is 2.11. The van der Waals surface area contributed by atoms with Gasteiger partial charge in [-0.3, -0.25) is 0 Å². The summed E-state index contributed by atoms with van der Waals surface area (Å²) in [7, 11) is -3.50. The van der Waals surface area contributed by atoms with Crippen molar-refractivity contribution < 1.29 is 23.4 Å². The van der Waals surface area contributed by atoms with Crippen molar-refractivity contribution in [3.05, 3.63) is 77.3 Å². The quantitative estimate of drug-likeness (QED) is 0.499. The summed E-state index contributed by atoms with van der Waals surface area (Å²) < 4.78 is 28.5. The molecule has 4 rings (SSSR count). The van der Waals surface area contributed by atoms with Gasteiger partial charge in [0.25, 0.3) is 0 Å². The van der Waals surface area contributed by atoms with Crippen molar-refractivity contribution in [2.45, 2.75) is 22.6 Å². The highest BCUT2D eigenvalue weighted by atomic mass is 35.5. The average molecular weight is 452 g/mol. The molecule has 29 heavy (non-hydrogen) atoms. The van der Waals surface area contributed by atoms with Crippen LogP contribution in [0.5, 0.6) is 0 Å². The smallest absolute Gasteiger partial charge is 0.450 e. The molecule has 1 heterocycles. The van der Waals surface area contributed by atoms with E-state index in [1.807, 2.05) is 54.6 Å². The van der Waals surface area contributed by atoms with Crippen molar-refractivity contribution in [2.24, 2.45) is 0 Å². The number of sulfonamides is 1.